The highest BCUT2D eigenvalue weighted by molar-refractivity contribution is 6.49. The van der Waals surface area contributed by atoms with Crippen LogP contribution < -0.4 is 0 Å². The van der Waals surface area contributed by atoms with E-state index in [1.165, 1.54) is 12.1 Å². The lowest BCUT2D eigenvalue weighted by atomic mass is 10.1. The molecule has 0 aliphatic carbocycles. The molecule has 0 atom stereocenters. The van der Waals surface area contributed by atoms with Crippen LogP contribution >= 0.6 is 34.8 Å². The van der Waals surface area contributed by atoms with Crippen LogP contribution in [-0.2, 0) is 4.33 Å². The minimum atomic E-state index is -3.12. The van der Waals surface area contributed by atoms with E-state index in [0.29, 0.717) is 0 Å². The van der Waals surface area contributed by atoms with Gasteiger partial charge in [-0.25, -0.2) is 13.2 Å². The van der Waals surface area contributed by atoms with Gasteiger partial charge in [-0.15, -0.1) is 0 Å². The number of hydrogen-bond acceptors (Lipinski definition) is 0. The molecule has 0 amide bonds. The molecule has 0 heterocycles. The van der Waals surface area contributed by atoms with Crippen molar-refractivity contribution in [2.24, 2.45) is 0 Å². The largest absolute Gasteiger partial charge is 0.275 e. The first-order valence-corrected chi connectivity index (χ1v) is 4.61. The number of hydrogen-bond donors (Lipinski definition) is 0. The number of benzene rings is 1. The topological polar surface area (TPSA) is 0 Å². The molecule has 0 spiro atoms. The normalized spacial score (nSPS) is 12.2. The molecule has 0 N–H and O–H groups in total. The van der Waals surface area contributed by atoms with Crippen LogP contribution in [0.1, 0.15) is 5.56 Å². The van der Waals surface area contributed by atoms with Crippen LogP contribution in [0, 0.1) is 5.82 Å². The Labute approximate surface area is 93.6 Å². The Morgan fingerprint density at radius 2 is 1.79 bits per heavy atom. The van der Waals surface area contributed by atoms with E-state index in [-0.39, 0.29) is 5.02 Å². The third-order valence-electron chi connectivity index (χ3n) is 1.57. The Morgan fingerprint density at radius 3 is 2.21 bits per heavy atom. The number of halogens is 6. The summed E-state index contributed by atoms with van der Waals surface area (Å²) in [7, 11) is 0. The van der Waals surface area contributed by atoms with Crippen LogP contribution in [0.2, 0.25) is 5.02 Å². The molecule has 0 aromatic heterocycles. The second-order valence-corrected chi connectivity index (χ2v) is 4.31. The van der Waals surface area contributed by atoms with Crippen molar-refractivity contribution in [2.45, 2.75) is 10.8 Å². The van der Waals surface area contributed by atoms with Crippen molar-refractivity contribution >= 4 is 34.8 Å². The molecule has 1 aromatic carbocycles. The second kappa shape index (κ2) is 4.17. The Balaban J connectivity index is 3.31. The van der Waals surface area contributed by atoms with Gasteiger partial charge in [-0.05, 0) is 12.1 Å². The van der Waals surface area contributed by atoms with Gasteiger partial charge in [0, 0.05) is 10.6 Å². The van der Waals surface area contributed by atoms with Crippen LogP contribution in [0.5, 0.6) is 0 Å². The van der Waals surface area contributed by atoms with Gasteiger partial charge < -0.3 is 0 Å². The zero-order valence-corrected chi connectivity index (χ0v) is 8.84. The van der Waals surface area contributed by atoms with Crippen molar-refractivity contribution in [3.8, 4) is 0 Å². The molecule has 1 aromatic rings. The van der Waals surface area contributed by atoms with Gasteiger partial charge in [0.2, 0.25) is 4.33 Å². The van der Waals surface area contributed by atoms with Gasteiger partial charge in [0.1, 0.15) is 5.82 Å². The average Bonchev–Trinajstić information content (AvgIpc) is 2.02. The fourth-order valence-electron chi connectivity index (χ4n) is 0.925. The molecular formula is C8H4Cl3F3. The summed E-state index contributed by atoms with van der Waals surface area (Å²) in [5, 5.41) is -0.227. The number of rotatable bonds is 2. The summed E-state index contributed by atoms with van der Waals surface area (Å²) in [4.78, 5) is 0. The first kappa shape index (κ1) is 12.0. The van der Waals surface area contributed by atoms with Crippen molar-refractivity contribution in [2.75, 3.05) is 0 Å². The minimum Gasteiger partial charge on any atom is -0.207 e. The fraction of sp³-hybridized carbons (Fsp3) is 0.250. The van der Waals surface area contributed by atoms with Gasteiger partial charge in [-0.2, -0.15) is 0 Å². The molecule has 0 bridgehead atoms. The Kier molecular flexibility index (Phi) is 3.56. The minimum absolute atomic E-state index is 0.227. The van der Waals surface area contributed by atoms with Crippen LogP contribution in [-0.4, -0.2) is 6.43 Å². The van der Waals surface area contributed by atoms with E-state index in [4.69, 9.17) is 34.8 Å². The average molecular weight is 263 g/mol. The van der Waals surface area contributed by atoms with Gasteiger partial charge in [0.15, 0.2) is 0 Å². The predicted octanol–water partition coefficient (Wildman–Crippen LogP) is 4.37. The molecule has 0 nitrogen and oxygen atoms in total. The molecule has 14 heavy (non-hydrogen) atoms. The van der Waals surface area contributed by atoms with Crippen LogP contribution in [0.4, 0.5) is 13.2 Å². The second-order valence-electron chi connectivity index (χ2n) is 2.52. The molecule has 0 saturated heterocycles. The maximum atomic E-state index is 13.1. The highest BCUT2D eigenvalue weighted by Crippen LogP contribution is 2.44. The highest BCUT2D eigenvalue weighted by Gasteiger charge is 2.41. The summed E-state index contributed by atoms with van der Waals surface area (Å²) in [6.45, 7) is 0. The monoisotopic (exact) mass is 262 g/mol. The van der Waals surface area contributed by atoms with Crippen LogP contribution in [0.3, 0.4) is 0 Å². The van der Waals surface area contributed by atoms with Gasteiger partial charge in [0.05, 0.1) is 0 Å². The van der Waals surface area contributed by atoms with E-state index in [1.54, 1.807) is 0 Å². The zero-order chi connectivity index (χ0) is 10.9. The van der Waals surface area contributed by atoms with Crippen molar-refractivity contribution in [1.82, 2.24) is 0 Å². The standard InChI is InChI=1S/C8H4Cl3F3/c9-4-2-1-3-5(12)6(4)8(10,11)7(13)14/h1-3,7H. The van der Waals surface area contributed by atoms with E-state index >= 15 is 0 Å². The van der Waals surface area contributed by atoms with Crippen molar-refractivity contribution in [1.29, 1.82) is 0 Å². The smallest absolute Gasteiger partial charge is 0.207 e. The van der Waals surface area contributed by atoms with E-state index in [1.807, 2.05) is 0 Å². The van der Waals surface area contributed by atoms with Crippen LogP contribution in [0.15, 0.2) is 18.2 Å². The molecule has 0 fully saturated rings. The maximum Gasteiger partial charge on any atom is 0.275 e. The summed E-state index contributed by atoms with van der Waals surface area (Å²) in [5.74, 6) is -0.956. The van der Waals surface area contributed by atoms with Gasteiger partial charge in [-0.3, -0.25) is 0 Å². The lowest BCUT2D eigenvalue weighted by molar-refractivity contribution is 0.126. The van der Waals surface area contributed by atoms with Crippen molar-refractivity contribution in [3.63, 3.8) is 0 Å². The van der Waals surface area contributed by atoms with E-state index in [9.17, 15) is 13.2 Å². The molecule has 0 radical (unpaired) electrons. The predicted molar refractivity (Wildman–Crippen MR) is 50.8 cm³/mol. The lowest BCUT2D eigenvalue weighted by Gasteiger charge is -2.20. The summed E-state index contributed by atoms with van der Waals surface area (Å²) >= 11 is 16.1. The third kappa shape index (κ3) is 2.10. The molecule has 1 rings (SSSR count). The maximum absolute atomic E-state index is 13.1. The SMILES string of the molecule is Fc1cccc(Cl)c1C(Cl)(Cl)C(F)F. The van der Waals surface area contributed by atoms with E-state index in [2.05, 4.69) is 0 Å². The summed E-state index contributed by atoms with van der Waals surface area (Å²) < 4.78 is 35.2. The van der Waals surface area contributed by atoms with Crippen LogP contribution in [0.25, 0.3) is 0 Å². The summed E-state index contributed by atoms with van der Waals surface area (Å²) in [5.41, 5.74) is -0.597. The molecule has 0 unspecified atom stereocenters. The molecule has 78 valence electrons. The third-order valence-corrected chi connectivity index (χ3v) is 2.59. The number of alkyl halides is 4. The Bertz CT molecular complexity index is 318. The lowest BCUT2D eigenvalue weighted by Crippen LogP contribution is -2.22. The van der Waals surface area contributed by atoms with E-state index in [0.717, 1.165) is 6.07 Å². The Hall–Kier alpha value is -0.120. The molecule has 0 aliphatic rings. The summed E-state index contributed by atoms with van der Waals surface area (Å²) in [6.07, 6.45) is -3.12. The molecule has 6 heteroatoms. The highest BCUT2D eigenvalue weighted by atomic mass is 35.5. The van der Waals surface area contributed by atoms with Gasteiger partial charge in [0.25, 0.3) is 6.43 Å². The molecule has 0 saturated carbocycles. The zero-order valence-electron chi connectivity index (χ0n) is 6.58. The first-order valence-electron chi connectivity index (χ1n) is 3.48. The quantitative estimate of drug-likeness (QED) is 0.695. The van der Waals surface area contributed by atoms with Crippen molar-refractivity contribution < 1.29 is 13.2 Å². The fourth-order valence-corrected chi connectivity index (χ4v) is 1.72. The first-order chi connectivity index (χ1) is 6.37. The Morgan fingerprint density at radius 1 is 1.21 bits per heavy atom. The summed E-state index contributed by atoms with van der Waals surface area (Å²) in [6, 6.07) is 3.47. The molecule has 0 aliphatic heterocycles. The molecular weight excluding hydrogens is 259 g/mol. The van der Waals surface area contributed by atoms with Crippen molar-refractivity contribution in [3.05, 3.63) is 34.6 Å². The van der Waals surface area contributed by atoms with Gasteiger partial charge >= 0.3 is 0 Å². The van der Waals surface area contributed by atoms with Gasteiger partial charge in [-0.1, -0.05) is 40.9 Å². The van der Waals surface area contributed by atoms with E-state index < -0.39 is 22.1 Å².